The molecule has 0 fully saturated rings. The Bertz CT molecular complexity index is 1070. The molecular formula is C20H20ClFN4O2. The molecule has 0 radical (unpaired) electrons. The quantitative estimate of drug-likeness (QED) is 0.685. The highest BCUT2D eigenvalue weighted by atomic mass is 35.5. The van der Waals surface area contributed by atoms with Gasteiger partial charge < -0.3 is 5.32 Å². The van der Waals surface area contributed by atoms with E-state index in [1.165, 1.54) is 16.7 Å². The van der Waals surface area contributed by atoms with Gasteiger partial charge in [0.2, 0.25) is 5.95 Å². The normalized spacial score (nSPS) is 11.0. The van der Waals surface area contributed by atoms with Crippen molar-refractivity contribution in [2.24, 2.45) is 0 Å². The van der Waals surface area contributed by atoms with Crippen LogP contribution in [-0.4, -0.2) is 14.1 Å². The third-order valence-corrected chi connectivity index (χ3v) is 4.49. The summed E-state index contributed by atoms with van der Waals surface area (Å²) in [6, 6.07) is 12.7. The fourth-order valence-corrected chi connectivity index (χ4v) is 2.91. The second-order valence-electron chi connectivity index (χ2n) is 6.66. The predicted octanol–water partition coefficient (Wildman–Crippen LogP) is 3.44. The number of anilines is 1. The standard InChI is InChI=1S/C20H20ClFN4O2/c1-13(2)26-19(27)24-18(23-11-14-3-7-16(21)8-4-14)25(20(26)28)12-15-5-9-17(22)10-6-15/h3-10,13H,11-12H2,1-2H3,(H,23,24,27). The Hall–Kier alpha value is -2.93. The lowest BCUT2D eigenvalue weighted by Gasteiger charge is -2.17. The van der Waals surface area contributed by atoms with E-state index in [-0.39, 0.29) is 24.4 Å². The molecule has 0 bridgehead atoms. The SMILES string of the molecule is CC(C)n1c(=O)nc(NCc2ccc(Cl)cc2)n(Cc2ccc(F)cc2)c1=O. The molecule has 0 amide bonds. The Morgan fingerprint density at radius 1 is 1.04 bits per heavy atom. The number of hydrogen-bond donors (Lipinski definition) is 1. The molecule has 3 aromatic rings. The van der Waals surface area contributed by atoms with Gasteiger partial charge in [-0.25, -0.2) is 18.5 Å². The van der Waals surface area contributed by atoms with E-state index in [4.69, 9.17) is 11.6 Å². The highest BCUT2D eigenvalue weighted by Gasteiger charge is 2.15. The molecule has 0 atom stereocenters. The van der Waals surface area contributed by atoms with Crippen LogP contribution in [-0.2, 0) is 13.1 Å². The molecule has 28 heavy (non-hydrogen) atoms. The van der Waals surface area contributed by atoms with Gasteiger partial charge in [-0.3, -0.25) is 4.57 Å². The number of aromatic nitrogens is 3. The fraction of sp³-hybridized carbons (Fsp3) is 0.250. The summed E-state index contributed by atoms with van der Waals surface area (Å²) in [5.74, 6) is -0.200. The molecule has 3 rings (SSSR count). The Morgan fingerprint density at radius 2 is 1.64 bits per heavy atom. The number of benzene rings is 2. The Morgan fingerprint density at radius 3 is 2.25 bits per heavy atom. The number of hydrogen-bond acceptors (Lipinski definition) is 4. The zero-order valence-electron chi connectivity index (χ0n) is 15.5. The number of nitrogens with one attached hydrogen (secondary N) is 1. The second kappa shape index (κ2) is 8.39. The van der Waals surface area contributed by atoms with E-state index in [2.05, 4.69) is 10.3 Å². The first kappa shape index (κ1) is 19.8. The van der Waals surface area contributed by atoms with Crippen LogP contribution in [0.3, 0.4) is 0 Å². The largest absolute Gasteiger partial charge is 0.355 e. The highest BCUT2D eigenvalue weighted by Crippen LogP contribution is 2.12. The van der Waals surface area contributed by atoms with Gasteiger partial charge in [0.1, 0.15) is 5.82 Å². The molecule has 8 heteroatoms. The maximum atomic E-state index is 13.2. The molecule has 1 aromatic heterocycles. The van der Waals surface area contributed by atoms with Crippen molar-refractivity contribution in [3.05, 3.63) is 91.5 Å². The Kier molecular flexibility index (Phi) is 5.94. The monoisotopic (exact) mass is 402 g/mol. The average Bonchev–Trinajstić information content (AvgIpc) is 2.65. The van der Waals surface area contributed by atoms with Crippen molar-refractivity contribution >= 4 is 17.5 Å². The summed E-state index contributed by atoms with van der Waals surface area (Å²) in [6.45, 7) is 4.00. The van der Waals surface area contributed by atoms with Crippen molar-refractivity contribution in [1.29, 1.82) is 0 Å². The van der Waals surface area contributed by atoms with E-state index in [1.54, 1.807) is 38.1 Å². The first-order valence-corrected chi connectivity index (χ1v) is 9.19. The average molecular weight is 403 g/mol. The van der Waals surface area contributed by atoms with Gasteiger partial charge in [-0.15, -0.1) is 0 Å². The number of halogens is 2. The Balaban J connectivity index is 1.99. The van der Waals surface area contributed by atoms with Crippen LogP contribution in [0.4, 0.5) is 10.3 Å². The van der Waals surface area contributed by atoms with Gasteiger partial charge in [0, 0.05) is 17.6 Å². The summed E-state index contributed by atoms with van der Waals surface area (Å²) in [5.41, 5.74) is 0.542. The van der Waals surface area contributed by atoms with Crippen LogP contribution in [0, 0.1) is 5.82 Å². The molecular weight excluding hydrogens is 383 g/mol. The molecule has 0 saturated heterocycles. The topological polar surface area (TPSA) is 68.9 Å². The maximum Gasteiger partial charge on any atom is 0.355 e. The molecule has 0 saturated carbocycles. The maximum absolute atomic E-state index is 13.2. The summed E-state index contributed by atoms with van der Waals surface area (Å²) >= 11 is 5.90. The zero-order chi connectivity index (χ0) is 20.3. The van der Waals surface area contributed by atoms with Crippen LogP contribution in [0.2, 0.25) is 5.02 Å². The van der Waals surface area contributed by atoms with Gasteiger partial charge in [0.25, 0.3) is 0 Å². The van der Waals surface area contributed by atoms with Gasteiger partial charge in [0.15, 0.2) is 0 Å². The molecule has 0 spiro atoms. The molecule has 1 heterocycles. The summed E-state index contributed by atoms with van der Waals surface area (Å²) in [6.07, 6.45) is 0. The third-order valence-electron chi connectivity index (χ3n) is 4.23. The van der Waals surface area contributed by atoms with Gasteiger partial charge in [0.05, 0.1) is 6.54 Å². The van der Waals surface area contributed by atoms with Crippen molar-refractivity contribution in [1.82, 2.24) is 14.1 Å². The smallest absolute Gasteiger partial charge is 0.351 e. The van der Waals surface area contributed by atoms with Gasteiger partial charge in [-0.1, -0.05) is 35.9 Å². The fourth-order valence-electron chi connectivity index (χ4n) is 2.78. The van der Waals surface area contributed by atoms with Crippen LogP contribution in [0.25, 0.3) is 0 Å². The second-order valence-corrected chi connectivity index (χ2v) is 7.09. The van der Waals surface area contributed by atoms with E-state index in [9.17, 15) is 14.0 Å². The molecule has 0 aliphatic heterocycles. The van der Waals surface area contributed by atoms with Gasteiger partial charge in [-0.05, 0) is 49.2 Å². The molecule has 0 unspecified atom stereocenters. The minimum Gasteiger partial charge on any atom is -0.351 e. The highest BCUT2D eigenvalue weighted by molar-refractivity contribution is 6.30. The summed E-state index contributed by atoms with van der Waals surface area (Å²) in [4.78, 5) is 29.3. The van der Waals surface area contributed by atoms with Crippen molar-refractivity contribution in [3.63, 3.8) is 0 Å². The van der Waals surface area contributed by atoms with Crippen molar-refractivity contribution in [2.45, 2.75) is 33.0 Å². The Labute approximate surface area is 166 Å². The van der Waals surface area contributed by atoms with Crippen LogP contribution in [0.1, 0.15) is 31.0 Å². The molecule has 146 valence electrons. The van der Waals surface area contributed by atoms with Crippen molar-refractivity contribution in [2.75, 3.05) is 5.32 Å². The minimum absolute atomic E-state index is 0.155. The summed E-state index contributed by atoms with van der Waals surface area (Å²) < 4.78 is 15.7. The summed E-state index contributed by atoms with van der Waals surface area (Å²) in [5, 5.41) is 3.67. The van der Waals surface area contributed by atoms with E-state index in [0.717, 1.165) is 10.1 Å². The van der Waals surface area contributed by atoms with Gasteiger partial charge in [-0.2, -0.15) is 4.98 Å². The number of rotatable bonds is 6. The van der Waals surface area contributed by atoms with E-state index >= 15 is 0 Å². The number of nitrogens with zero attached hydrogens (tertiary/aromatic N) is 3. The van der Waals surface area contributed by atoms with Crippen LogP contribution in [0.15, 0.2) is 58.1 Å². The van der Waals surface area contributed by atoms with Crippen LogP contribution < -0.4 is 16.7 Å². The lowest BCUT2D eigenvalue weighted by atomic mass is 10.2. The first-order chi connectivity index (χ1) is 13.3. The molecule has 1 N–H and O–H groups in total. The summed E-state index contributed by atoms with van der Waals surface area (Å²) in [7, 11) is 0. The lowest BCUT2D eigenvalue weighted by molar-refractivity contribution is 0.495. The molecule has 2 aromatic carbocycles. The van der Waals surface area contributed by atoms with Gasteiger partial charge >= 0.3 is 11.4 Å². The first-order valence-electron chi connectivity index (χ1n) is 8.81. The lowest BCUT2D eigenvalue weighted by Crippen LogP contribution is -2.43. The minimum atomic E-state index is -0.617. The third kappa shape index (κ3) is 4.48. The van der Waals surface area contributed by atoms with Crippen LogP contribution in [0.5, 0.6) is 0 Å². The van der Waals surface area contributed by atoms with Crippen molar-refractivity contribution < 1.29 is 4.39 Å². The van der Waals surface area contributed by atoms with Crippen LogP contribution >= 0.6 is 11.6 Å². The molecule has 6 nitrogen and oxygen atoms in total. The van der Waals surface area contributed by atoms with Crippen molar-refractivity contribution in [3.8, 4) is 0 Å². The predicted molar refractivity (Wildman–Crippen MR) is 107 cm³/mol. The molecule has 0 aliphatic rings. The van der Waals surface area contributed by atoms with E-state index in [0.29, 0.717) is 17.1 Å². The zero-order valence-corrected chi connectivity index (χ0v) is 16.3. The van der Waals surface area contributed by atoms with E-state index in [1.807, 2.05) is 12.1 Å². The molecule has 0 aliphatic carbocycles. The van der Waals surface area contributed by atoms with E-state index < -0.39 is 11.4 Å².